The Kier molecular flexibility index (Phi) is 4.57. The van der Waals surface area contributed by atoms with Crippen LogP contribution in [-0.4, -0.2) is 29.1 Å². The van der Waals surface area contributed by atoms with E-state index < -0.39 is 17.6 Å². The van der Waals surface area contributed by atoms with Crippen molar-refractivity contribution in [2.45, 2.75) is 19.4 Å². The lowest BCUT2D eigenvalue weighted by atomic mass is 10.1. The summed E-state index contributed by atoms with van der Waals surface area (Å²) in [5.41, 5.74) is 2.72. The standard InChI is InChI=1S/C21H19N3O4/c1-12-6-5-9-16-18(12)20(26)28-21(23-16)24-17(19(25)27-2)10-13-11-22-15-8-4-3-7-14(13)15/h3-9,11,17,22H,10H2,1-2H3,(H,23,24)/t17-/m0/s1. The highest BCUT2D eigenvalue weighted by Gasteiger charge is 2.23. The summed E-state index contributed by atoms with van der Waals surface area (Å²) in [4.78, 5) is 32.2. The second kappa shape index (κ2) is 7.19. The summed E-state index contributed by atoms with van der Waals surface area (Å²) in [6.45, 7) is 1.82. The average molecular weight is 377 g/mol. The van der Waals surface area contributed by atoms with Crippen LogP contribution in [0.25, 0.3) is 21.8 Å². The molecule has 1 atom stereocenters. The monoisotopic (exact) mass is 377 g/mol. The van der Waals surface area contributed by atoms with Crippen molar-refractivity contribution in [2.24, 2.45) is 0 Å². The zero-order chi connectivity index (χ0) is 19.7. The molecule has 0 aliphatic heterocycles. The van der Waals surface area contributed by atoms with Crippen molar-refractivity contribution in [3.8, 4) is 0 Å². The zero-order valence-corrected chi connectivity index (χ0v) is 15.5. The molecule has 0 amide bonds. The van der Waals surface area contributed by atoms with Crippen LogP contribution < -0.4 is 10.9 Å². The highest BCUT2D eigenvalue weighted by molar-refractivity contribution is 5.86. The van der Waals surface area contributed by atoms with Crippen molar-refractivity contribution in [1.82, 2.24) is 9.97 Å². The van der Waals surface area contributed by atoms with Crippen LogP contribution in [0.1, 0.15) is 11.1 Å². The summed E-state index contributed by atoms with van der Waals surface area (Å²) < 4.78 is 10.2. The number of aromatic nitrogens is 2. The van der Waals surface area contributed by atoms with Crippen LogP contribution in [0, 0.1) is 6.92 Å². The van der Waals surface area contributed by atoms with Crippen LogP contribution in [0.4, 0.5) is 6.01 Å². The summed E-state index contributed by atoms with van der Waals surface area (Å²) in [6, 6.07) is 12.4. The second-order valence-corrected chi connectivity index (χ2v) is 6.56. The van der Waals surface area contributed by atoms with Crippen molar-refractivity contribution in [3.05, 3.63) is 70.2 Å². The van der Waals surface area contributed by atoms with E-state index in [0.717, 1.165) is 22.0 Å². The van der Waals surface area contributed by atoms with Gasteiger partial charge in [0, 0.05) is 23.5 Å². The van der Waals surface area contributed by atoms with E-state index in [2.05, 4.69) is 15.3 Å². The van der Waals surface area contributed by atoms with E-state index in [1.54, 1.807) is 6.07 Å². The number of aromatic amines is 1. The van der Waals surface area contributed by atoms with Gasteiger partial charge in [0.1, 0.15) is 6.04 Å². The van der Waals surface area contributed by atoms with Gasteiger partial charge in [-0.2, -0.15) is 4.98 Å². The molecule has 4 rings (SSSR count). The van der Waals surface area contributed by atoms with E-state index >= 15 is 0 Å². The Bertz CT molecular complexity index is 1230. The molecule has 0 bridgehead atoms. The molecular formula is C21H19N3O4. The molecule has 0 unspecified atom stereocenters. The third-order valence-electron chi connectivity index (χ3n) is 4.75. The summed E-state index contributed by atoms with van der Waals surface area (Å²) >= 11 is 0. The molecule has 0 aliphatic rings. The van der Waals surface area contributed by atoms with Gasteiger partial charge in [0.2, 0.25) is 0 Å². The molecule has 2 aromatic heterocycles. The van der Waals surface area contributed by atoms with Gasteiger partial charge >= 0.3 is 11.6 Å². The van der Waals surface area contributed by atoms with Crippen LogP contribution in [0.15, 0.2) is 57.9 Å². The average Bonchev–Trinajstić information content (AvgIpc) is 3.09. The van der Waals surface area contributed by atoms with Crippen molar-refractivity contribution in [3.63, 3.8) is 0 Å². The number of hydrogen-bond donors (Lipinski definition) is 2. The quantitative estimate of drug-likeness (QED) is 0.519. The third-order valence-corrected chi connectivity index (χ3v) is 4.75. The highest BCUT2D eigenvalue weighted by Crippen LogP contribution is 2.21. The van der Waals surface area contributed by atoms with Gasteiger partial charge in [0.15, 0.2) is 0 Å². The number of nitrogens with zero attached hydrogens (tertiary/aromatic N) is 1. The number of methoxy groups -OCH3 is 1. The maximum Gasteiger partial charge on any atom is 0.348 e. The van der Waals surface area contributed by atoms with Crippen molar-refractivity contribution in [2.75, 3.05) is 12.4 Å². The first-order valence-electron chi connectivity index (χ1n) is 8.86. The minimum Gasteiger partial charge on any atom is -0.467 e. The molecule has 28 heavy (non-hydrogen) atoms. The lowest BCUT2D eigenvalue weighted by molar-refractivity contribution is -0.141. The molecule has 0 saturated heterocycles. The Balaban J connectivity index is 1.68. The Hall–Kier alpha value is -3.61. The molecule has 142 valence electrons. The molecule has 2 heterocycles. The molecule has 7 nitrogen and oxygen atoms in total. The smallest absolute Gasteiger partial charge is 0.348 e. The number of para-hydroxylation sites is 1. The van der Waals surface area contributed by atoms with Gasteiger partial charge in [-0.05, 0) is 30.2 Å². The van der Waals surface area contributed by atoms with E-state index in [0.29, 0.717) is 17.3 Å². The van der Waals surface area contributed by atoms with Gasteiger partial charge < -0.3 is 19.5 Å². The van der Waals surface area contributed by atoms with Crippen LogP contribution >= 0.6 is 0 Å². The first kappa shape index (κ1) is 17.8. The number of H-pyrrole nitrogens is 1. The minimum atomic E-state index is -0.762. The van der Waals surface area contributed by atoms with E-state index in [9.17, 15) is 9.59 Å². The van der Waals surface area contributed by atoms with Gasteiger partial charge in [0.25, 0.3) is 6.01 Å². The molecule has 0 radical (unpaired) electrons. The second-order valence-electron chi connectivity index (χ2n) is 6.56. The van der Waals surface area contributed by atoms with E-state index in [4.69, 9.17) is 9.15 Å². The predicted octanol–water partition coefficient (Wildman–Crippen LogP) is 3.17. The topological polar surface area (TPSA) is 97.2 Å². The fourth-order valence-corrected chi connectivity index (χ4v) is 3.35. The van der Waals surface area contributed by atoms with Crippen molar-refractivity contribution < 1.29 is 13.9 Å². The van der Waals surface area contributed by atoms with E-state index in [-0.39, 0.29) is 6.01 Å². The molecule has 7 heteroatoms. The van der Waals surface area contributed by atoms with Crippen LogP contribution in [0.5, 0.6) is 0 Å². The number of fused-ring (bicyclic) bond motifs is 2. The molecular weight excluding hydrogens is 358 g/mol. The summed E-state index contributed by atoms with van der Waals surface area (Å²) in [6.07, 6.45) is 2.20. The maximum absolute atomic E-state index is 12.4. The molecule has 0 fully saturated rings. The number of aryl methyl sites for hydroxylation is 1. The number of anilines is 1. The summed E-state index contributed by atoms with van der Waals surface area (Å²) in [5.74, 6) is -0.473. The van der Waals surface area contributed by atoms with Gasteiger partial charge in [-0.1, -0.05) is 30.3 Å². The lowest BCUT2D eigenvalue weighted by Crippen LogP contribution is -2.33. The first-order chi connectivity index (χ1) is 13.6. The fraction of sp³-hybridized carbons (Fsp3) is 0.190. The number of rotatable bonds is 5. The molecule has 2 aromatic carbocycles. The number of carbonyl (C=O) groups is 1. The Morgan fingerprint density at radius 1 is 1.25 bits per heavy atom. The molecule has 0 spiro atoms. The number of carbonyl (C=O) groups excluding carboxylic acids is 1. The first-order valence-corrected chi connectivity index (χ1v) is 8.86. The summed E-state index contributed by atoms with van der Waals surface area (Å²) in [7, 11) is 1.32. The highest BCUT2D eigenvalue weighted by atomic mass is 16.5. The lowest BCUT2D eigenvalue weighted by Gasteiger charge is -2.16. The number of esters is 1. The maximum atomic E-state index is 12.4. The van der Waals surface area contributed by atoms with Gasteiger partial charge in [-0.3, -0.25) is 0 Å². The van der Waals surface area contributed by atoms with Crippen LogP contribution in [0.2, 0.25) is 0 Å². The molecule has 4 aromatic rings. The van der Waals surface area contributed by atoms with Crippen molar-refractivity contribution >= 4 is 33.8 Å². The molecule has 0 aliphatic carbocycles. The SMILES string of the molecule is COC(=O)[C@H](Cc1c[nH]c2ccccc12)Nc1nc2cccc(C)c2c(=O)o1. The van der Waals surface area contributed by atoms with Gasteiger partial charge in [-0.25, -0.2) is 9.59 Å². The minimum absolute atomic E-state index is 0.0154. The van der Waals surface area contributed by atoms with Crippen molar-refractivity contribution in [1.29, 1.82) is 0 Å². The summed E-state index contributed by atoms with van der Waals surface area (Å²) in [5, 5.41) is 4.36. The number of nitrogens with one attached hydrogen (secondary N) is 2. The van der Waals surface area contributed by atoms with Gasteiger partial charge in [0.05, 0.1) is 18.0 Å². The normalized spacial score (nSPS) is 12.2. The number of ether oxygens (including phenoxy) is 1. The Morgan fingerprint density at radius 2 is 2.07 bits per heavy atom. The predicted molar refractivity (Wildman–Crippen MR) is 106 cm³/mol. The van der Waals surface area contributed by atoms with E-state index in [1.165, 1.54) is 7.11 Å². The number of hydrogen-bond acceptors (Lipinski definition) is 6. The van der Waals surface area contributed by atoms with Crippen LogP contribution in [0.3, 0.4) is 0 Å². The van der Waals surface area contributed by atoms with Gasteiger partial charge in [-0.15, -0.1) is 0 Å². The Morgan fingerprint density at radius 3 is 2.89 bits per heavy atom. The Labute approximate surface area is 160 Å². The largest absolute Gasteiger partial charge is 0.467 e. The number of benzene rings is 2. The fourth-order valence-electron chi connectivity index (χ4n) is 3.35. The zero-order valence-electron chi connectivity index (χ0n) is 15.5. The van der Waals surface area contributed by atoms with E-state index in [1.807, 2.05) is 49.5 Å². The molecule has 0 saturated carbocycles. The molecule has 2 N–H and O–H groups in total. The third kappa shape index (κ3) is 3.22. The van der Waals surface area contributed by atoms with Crippen LogP contribution in [-0.2, 0) is 16.0 Å².